The third-order valence-electron chi connectivity index (χ3n) is 10.1. The quantitative estimate of drug-likeness (QED) is 0.178. The van der Waals surface area contributed by atoms with Crippen molar-refractivity contribution in [2.45, 2.75) is 0 Å². The van der Waals surface area contributed by atoms with Gasteiger partial charge in [-0.05, 0) is 58.7 Å². The minimum absolute atomic E-state index is 1.15. The van der Waals surface area contributed by atoms with Crippen LogP contribution in [0.5, 0.6) is 0 Å². The molecule has 0 saturated heterocycles. The molecule has 0 aliphatic rings. The Hall–Kier alpha value is -6.64. The van der Waals surface area contributed by atoms with E-state index in [4.69, 9.17) is 0 Å². The third kappa shape index (κ3) is 4.36. The van der Waals surface area contributed by atoms with Gasteiger partial charge < -0.3 is 9.13 Å². The maximum absolute atomic E-state index is 2.51. The van der Waals surface area contributed by atoms with E-state index in [1.807, 2.05) is 0 Å². The van der Waals surface area contributed by atoms with Gasteiger partial charge in [-0.2, -0.15) is 0 Å². The average Bonchev–Trinajstić information content (AvgIpc) is 3.71. The molecule has 0 unspecified atom stereocenters. The van der Waals surface area contributed by atoms with Crippen LogP contribution in [0.15, 0.2) is 194 Å². The smallest absolute Gasteiger partial charge is 0.0618 e. The van der Waals surface area contributed by atoms with Crippen LogP contribution in [0.4, 0.5) is 0 Å². The number of aromatic nitrogens is 2. The zero-order chi connectivity index (χ0) is 33.0. The van der Waals surface area contributed by atoms with Crippen molar-refractivity contribution in [2.24, 2.45) is 0 Å². The average molecular weight is 637 g/mol. The first-order chi connectivity index (χ1) is 24.8. The Morgan fingerprint density at radius 1 is 0.280 bits per heavy atom. The van der Waals surface area contributed by atoms with E-state index in [-0.39, 0.29) is 0 Å². The summed E-state index contributed by atoms with van der Waals surface area (Å²) >= 11 is 0. The second-order valence-corrected chi connectivity index (χ2v) is 12.9. The van der Waals surface area contributed by atoms with E-state index in [2.05, 4.69) is 203 Å². The van der Waals surface area contributed by atoms with Gasteiger partial charge in [0, 0.05) is 38.4 Å². The van der Waals surface area contributed by atoms with E-state index in [1.54, 1.807) is 0 Å². The molecule has 0 amide bonds. The minimum atomic E-state index is 1.15. The lowest BCUT2D eigenvalue weighted by molar-refractivity contribution is 1.17. The Morgan fingerprint density at radius 2 is 0.720 bits per heavy atom. The predicted molar refractivity (Wildman–Crippen MR) is 211 cm³/mol. The number of hydrogen-bond donors (Lipinski definition) is 0. The van der Waals surface area contributed by atoms with E-state index in [0.29, 0.717) is 0 Å². The molecule has 0 N–H and O–H groups in total. The van der Waals surface area contributed by atoms with Crippen LogP contribution in [-0.4, -0.2) is 9.13 Å². The van der Waals surface area contributed by atoms with Crippen LogP contribution in [-0.2, 0) is 0 Å². The van der Waals surface area contributed by atoms with Gasteiger partial charge in [-0.15, -0.1) is 0 Å². The third-order valence-corrected chi connectivity index (χ3v) is 10.1. The lowest BCUT2D eigenvalue weighted by Gasteiger charge is -2.19. The molecule has 234 valence electrons. The molecule has 0 radical (unpaired) electrons. The summed E-state index contributed by atoms with van der Waals surface area (Å²) in [5.41, 5.74) is 14.3. The molecule has 8 aromatic carbocycles. The maximum atomic E-state index is 2.51. The zero-order valence-electron chi connectivity index (χ0n) is 27.4. The molecule has 0 spiro atoms. The molecule has 2 heterocycles. The van der Waals surface area contributed by atoms with Gasteiger partial charge in [-0.3, -0.25) is 0 Å². The maximum Gasteiger partial charge on any atom is 0.0618 e. The van der Waals surface area contributed by atoms with Crippen LogP contribution in [0.25, 0.3) is 88.4 Å². The van der Waals surface area contributed by atoms with Crippen molar-refractivity contribution in [3.8, 4) is 44.8 Å². The van der Waals surface area contributed by atoms with Crippen LogP contribution >= 0.6 is 0 Å². The summed E-state index contributed by atoms with van der Waals surface area (Å²) in [6, 6.07) is 70.4. The van der Waals surface area contributed by atoms with Gasteiger partial charge in [-0.25, -0.2) is 0 Å². The first-order valence-electron chi connectivity index (χ1n) is 17.2. The molecular formula is C48H32N2. The van der Waals surface area contributed by atoms with E-state index < -0.39 is 0 Å². The second kappa shape index (κ2) is 11.5. The standard InChI is InChI=1S/C48H32N2/c1-4-16-33(17-5-1)37-24-15-29-46-47(37)42-32-36(49-43-27-12-10-22-40(43)41-23-11-13-28-44(41)49)30-31-45(42)50(46)48-38(34-18-6-2-7-19-34)25-14-26-39(48)35-20-8-3-9-21-35/h1-32H. The van der Waals surface area contributed by atoms with Crippen molar-refractivity contribution in [2.75, 3.05) is 0 Å². The Labute approximate surface area is 290 Å². The highest BCUT2D eigenvalue weighted by Crippen LogP contribution is 2.44. The van der Waals surface area contributed by atoms with Gasteiger partial charge in [0.1, 0.15) is 0 Å². The summed E-state index contributed by atoms with van der Waals surface area (Å²) in [6.45, 7) is 0. The Balaban J connectivity index is 1.36. The number of para-hydroxylation sites is 3. The van der Waals surface area contributed by atoms with Crippen molar-refractivity contribution in [1.29, 1.82) is 0 Å². The molecule has 0 aliphatic carbocycles. The summed E-state index contributed by atoms with van der Waals surface area (Å²) in [5.74, 6) is 0. The Morgan fingerprint density at radius 3 is 1.30 bits per heavy atom. The first kappa shape index (κ1) is 28.4. The summed E-state index contributed by atoms with van der Waals surface area (Å²) in [7, 11) is 0. The van der Waals surface area contributed by atoms with Crippen molar-refractivity contribution >= 4 is 43.6 Å². The zero-order valence-corrected chi connectivity index (χ0v) is 27.4. The van der Waals surface area contributed by atoms with Gasteiger partial charge in [0.2, 0.25) is 0 Å². The van der Waals surface area contributed by atoms with Crippen molar-refractivity contribution in [3.63, 3.8) is 0 Å². The monoisotopic (exact) mass is 636 g/mol. The second-order valence-electron chi connectivity index (χ2n) is 12.9. The molecule has 50 heavy (non-hydrogen) atoms. The normalized spacial score (nSPS) is 11.6. The van der Waals surface area contributed by atoms with E-state index >= 15 is 0 Å². The van der Waals surface area contributed by atoms with Gasteiger partial charge in [-0.1, -0.05) is 158 Å². The van der Waals surface area contributed by atoms with Crippen LogP contribution in [0.3, 0.4) is 0 Å². The molecule has 10 rings (SSSR count). The van der Waals surface area contributed by atoms with Gasteiger partial charge in [0.05, 0.1) is 27.8 Å². The number of benzene rings is 8. The lowest BCUT2D eigenvalue weighted by Crippen LogP contribution is -2.01. The molecular weight excluding hydrogens is 605 g/mol. The van der Waals surface area contributed by atoms with Crippen LogP contribution in [0.1, 0.15) is 0 Å². The fourth-order valence-electron chi connectivity index (χ4n) is 7.98. The molecule has 0 bridgehead atoms. The van der Waals surface area contributed by atoms with Crippen molar-refractivity contribution in [3.05, 3.63) is 194 Å². The summed E-state index contributed by atoms with van der Waals surface area (Å²) < 4.78 is 4.93. The number of nitrogens with zero attached hydrogens (tertiary/aromatic N) is 2. The van der Waals surface area contributed by atoms with Crippen molar-refractivity contribution in [1.82, 2.24) is 9.13 Å². The predicted octanol–water partition coefficient (Wildman–Crippen LogP) is 12.9. The lowest BCUT2D eigenvalue weighted by atomic mass is 9.95. The van der Waals surface area contributed by atoms with E-state index in [9.17, 15) is 0 Å². The minimum Gasteiger partial charge on any atom is -0.309 e. The van der Waals surface area contributed by atoms with Crippen LogP contribution < -0.4 is 0 Å². The number of rotatable bonds is 5. The molecule has 10 aromatic rings. The highest BCUT2D eigenvalue weighted by Gasteiger charge is 2.22. The van der Waals surface area contributed by atoms with E-state index in [1.165, 1.54) is 82.7 Å². The summed E-state index contributed by atoms with van der Waals surface area (Å²) in [4.78, 5) is 0. The molecule has 2 aromatic heterocycles. The Bertz CT molecular complexity index is 2730. The van der Waals surface area contributed by atoms with Crippen LogP contribution in [0, 0.1) is 0 Å². The highest BCUT2D eigenvalue weighted by atomic mass is 15.0. The largest absolute Gasteiger partial charge is 0.309 e. The van der Waals surface area contributed by atoms with Crippen molar-refractivity contribution < 1.29 is 0 Å². The number of hydrogen-bond acceptors (Lipinski definition) is 0. The van der Waals surface area contributed by atoms with Gasteiger partial charge in [0.25, 0.3) is 0 Å². The SMILES string of the molecule is c1ccc(-c2cccc(-c3ccccc3)c2-n2c3ccc(-n4c5ccccc5c5ccccc54)cc3c3c(-c4ccccc4)cccc32)cc1. The molecule has 2 heteroatoms. The van der Waals surface area contributed by atoms with Crippen LogP contribution in [0.2, 0.25) is 0 Å². The van der Waals surface area contributed by atoms with E-state index in [0.717, 1.165) is 5.69 Å². The molecule has 0 aliphatic heterocycles. The summed E-state index contributed by atoms with van der Waals surface area (Å²) in [5, 5.41) is 5.00. The Kier molecular flexibility index (Phi) is 6.53. The molecule has 0 atom stereocenters. The number of fused-ring (bicyclic) bond motifs is 6. The topological polar surface area (TPSA) is 9.86 Å². The molecule has 0 saturated carbocycles. The highest BCUT2D eigenvalue weighted by molar-refractivity contribution is 6.17. The van der Waals surface area contributed by atoms with Gasteiger partial charge in [0.15, 0.2) is 0 Å². The fraction of sp³-hybridized carbons (Fsp3) is 0. The molecule has 0 fully saturated rings. The van der Waals surface area contributed by atoms with Gasteiger partial charge >= 0.3 is 0 Å². The fourth-order valence-corrected chi connectivity index (χ4v) is 7.98. The molecule has 2 nitrogen and oxygen atoms in total. The summed E-state index contributed by atoms with van der Waals surface area (Å²) in [6.07, 6.45) is 0. The first-order valence-corrected chi connectivity index (χ1v) is 17.2.